The zero-order valence-corrected chi connectivity index (χ0v) is 7.99. The summed E-state index contributed by atoms with van der Waals surface area (Å²) in [6.45, 7) is 4.22. The van der Waals surface area contributed by atoms with Crippen LogP contribution in [0.3, 0.4) is 0 Å². The van der Waals surface area contributed by atoms with Crippen molar-refractivity contribution in [3.63, 3.8) is 0 Å². The summed E-state index contributed by atoms with van der Waals surface area (Å²) in [5.41, 5.74) is 8.05. The summed E-state index contributed by atoms with van der Waals surface area (Å²) < 4.78 is 0. The molecule has 0 saturated heterocycles. The predicted octanol–water partition coefficient (Wildman–Crippen LogP) is 0.128. The summed E-state index contributed by atoms with van der Waals surface area (Å²) in [7, 11) is 0. The second-order valence-electron chi connectivity index (χ2n) is 3.08. The number of aliphatic hydroxyl groups excluding tert-OH is 1. The van der Waals surface area contributed by atoms with E-state index in [1.54, 1.807) is 6.20 Å². The number of hydrogen-bond donors (Lipinski definition) is 2. The second-order valence-corrected chi connectivity index (χ2v) is 3.08. The van der Waals surface area contributed by atoms with Crippen molar-refractivity contribution in [1.82, 2.24) is 9.97 Å². The Bertz CT molecular complexity index is 284. The SMILES string of the molecule is Cc1ncc(C(CN)CO)nc1C. The number of aromatic nitrogens is 2. The van der Waals surface area contributed by atoms with Gasteiger partial charge in [0.2, 0.25) is 0 Å². The van der Waals surface area contributed by atoms with Crippen molar-refractivity contribution in [2.45, 2.75) is 19.8 Å². The van der Waals surface area contributed by atoms with Gasteiger partial charge in [-0.2, -0.15) is 0 Å². The van der Waals surface area contributed by atoms with Gasteiger partial charge in [-0.05, 0) is 13.8 Å². The summed E-state index contributed by atoms with van der Waals surface area (Å²) in [5.74, 6) is -0.0909. The number of aliphatic hydroxyl groups is 1. The highest BCUT2D eigenvalue weighted by Crippen LogP contribution is 2.11. The molecular formula is C9H15N3O. The lowest BCUT2D eigenvalue weighted by molar-refractivity contribution is 0.265. The Morgan fingerprint density at radius 3 is 2.62 bits per heavy atom. The van der Waals surface area contributed by atoms with Crippen LogP contribution in [0, 0.1) is 13.8 Å². The average molecular weight is 181 g/mol. The first-order chi connectivity index (χ1) is 6.19. The molecule has 1 aromatic rings. The van der Waals surface area contributed by atoms with Gasteiger partial charge in [-0.15, -0.1) is 0 Å². The number of aryl methyl sites for hydroxylation is 2. The molecule has 0 saturated carbocycles. The Morgan fingerprint density at radius 2 is 2.15 bits per heavy atom. The third kappa shape index (κ3) is 2.23. The molecule has 0 aliphatic rings. The molecule has 1 heterocycles. The van der Waals surface area contributed by atoms with E-state index >= 15 is 0 Å². The van der Waals surface area contributed by atoms with E-state index in [4.69, 9.17) is 10.8 Å². The van der Waals surface area contributed by atoms with Gasteiger partial charge in [0.1, 0.15) is 0 Å². The average Bonchev–Trinajstić information content (AvgIpc) is 2.13. The van der Waals surface area contributed by atoms with Crippen LogP contribution in [0.2, 0.25) is 0 Å². The first-order valence-corrected chi connectivity index (χ1v) is 4.30. The summed E-state index contributed by atoms with van der Waals surface area (Å²) in [6, 6.07) is 0. The maximum absolute atomic E-state index is 8.99. The summed E-state index contributed by atoms with van der Waals surface area (Å²) >= 11 is 0. The Morgan fingerprint density at radius 1 is 1.46 bits per heavy atom. The van der Waals surface area contributed by atoms with Gasteiger partial charge in [0.15, 0.2) is 0 Å². The highest BCUT2D eigenvalue weighted by Gasteiger charge is 2.10. The van der Waals surface area contributed by atoms with Gasteiger partial charge in [0.25, 0.3) is 0 Å². The van der Waals surface area contributed by atoms with Crippen LogP contribution in [0.1, 0.15) is 23.0 Å². The zero-order valence-electron chi connectivity index (χ0n) is 7.99. The summed E-state index contributed by atoms with van der Waals surface area (Å²) in [5, 5.41) is 8.99. The smallest absolute Gasteiger partial charge is 0.0656 e. The van der Waals surface area contributed by atoms with Crippen LogP contribution in [0.15, 0.2) is 6.20 Å². The van der Waals surface area contributed by atoms with Crippen LogP contribution in [-0.2, 0) is 0 Å². The van der Waals surface area contributed by atoms with Crippen LogP contribution < -0.4 is 5.73 Å². The highest BCUT2D eigenvalue weighted by molar-refractivity contribution is 5.14. The standard InChI is InChI=1S/C9H15N3O/c1-6-7(2)12-9(4-11-6)8(3-10)5-13/h4,8,13H,3,5,10H2,1-2H3. The maximum Gasteiger partial charge on any atom is 0.0656 e. The predicted molar refractivity (Wildman–Crippen MR) is 50.4 cm³/mol. The molecule has 0 aliphatic carbocycles. The highest BCUT2D eigenvalue weighted by atomic mass is 16.3. The van der Waals surface area contributed by atoms with Gasteiger partial charge in [0.05, 0.1) is 23.7 Å². The van der Waals surface area contributed by atoms with Crippen LogP contribution >= 0.6 is 0 Å². The van der Waals surface area contributed by atoms with Crippen molar-refractivity contribution in [2.75, 3.05) is 13.2 Å². The third-order valence-corrected chi connectivity index (χ3v) is 2.13. The molecule has 0 spiro atoms. The molecule has 0 fully saturated rings. The number of rotatable bonds is 3. The lowest BCUT2D eigenvalue weighted by Crippen LogP contribution is -2.18. The normalized spacial score (nSPS) is 12.9. The molecule has 1 aromatic heterocycles. The Kier molecular flexibility index (Phi) is 3.33. The quantitative estimate of drug-likeness (QED) is 0.695. The molecule has 13 heavy (non-hydrogen) atoms. The minimum Gasteiger partial charge on any atom is -0.396 e. The van der Waals surface area contributed by atoms with Gasteiger partial charge >= 0.3 is 0 Å². The maximum atomic E-state index is 8.99. The van der Waals surface area contributed by atoms with Gasteiger partial charge in [-0.1, -0.05) is 0 Å². The van der Waals surface area contributed by atoms with E-state index in [9.17, 15) is 0 Å². The molecule has 1 atom stereocenters. The molecule has 1 rings (SSSR count). The topological polar surface area (TPSA) is 72.0 Å². The Balaban J connectivity index is 2.95. The molecule has 0 bridgehead atoms. The van der Waals surface area contributed by atoms with Crippen molar-refractivity contribution in [3.05, 3.63) is 23.3 Å². The van der Waals surface area contributed by atoms with E-state index in [0.717, 1.165) is 17.1 Å². The molecule has 4 heteroatoms. The van der Waals surface area contributed by atoms with Crippen molar-refractivity contribution in [3.8, 4) is 0 Å². The largest absolute Gasteiger partial charge is 0.396 e. The van der Waals surface area contributed by atoms with Crippen molar-refractivity contribution in [1.29, 1.82) is 0 Å². The molecule has 0 aromatic carbocycles. The molecule has 4 nitrogen and oxygen atoms in total. The fraction of sp³-hybridized carbons (Fsp3) is 0.556. The summed E-state index contributed by atoms with van der Waals surface area (Å²) in [6.07, 6.45) is 1.68. The van der Waals surface area contributed by atoms with Gasteiger partial charge in [0, 0.05) is 18.7 Å². The van der Waals surface area contributed by atoms with Crippen LogP contribution in [0.4, 0.5) is 0 Å². The van der Waals surface area contributed by atoms with Crippen molar-refractivity contribution >= 4 is 0 Å². The van der Waals surface area contributed by atoms with Crippen LogP contribution in [-0.4, -0.2) is 28.2 Å². The lowest BCUT2D eigenvalue weighted by Gasteiger charge is -2.11. The molecule has 0 aliphatic heterocycles. The fourth-order valence-corrected chi connectivity index (χ4v) is 1.05. The van der Waals surface area contributed by atoms with E-state index in [0.29, 0.717) is 6.54 Å². The number of hydrogen-bond acceptors (Lipinski definition) is 4. The van der Waals surface area contributed by atoms with Crippen LogP contribution in [0.25, 0.3) is 0 Å². The van der Waals surface area contributed by atoms with Crippen molar-refractivity contribution in [2.24, 2.45) is 5.73 Å². The Hall–Kier alpha value is -1.00. The lowest BCUT2D eigenvalue weighted by atomic mass is 10.1. The first kappa shape index (κ1) is 10.1. The van der Waals surface area contributed by atoms with Crippen molar-refractivity contribution < 1.29 is 5.11 Å². The van der Waals surface area contributed by atoms with E-state index in [2.05, 4.69) is 9.97 Å². The molecule has 3 N–H and O–H groups in total. The van der Waals surface area contributed by atoms with Crippen LogP contribution in [0.5, 0.6) is 0 Å². The fourth-order valence-electron chi connectivity index (χ4n) is 1.05. The third-order valence-electron chi connectivity index (χ3n) is 2.13. The van der Waals surface area contributed by atoms with E-state index < -0.39 is 0 Å². The molecule has 1 unspecified atom stereocenters. The van der Waals surface area contributed by atoms with E-state index in [1.165, 1.54) is 0 Å². The first-order valence-electron chi connectivity index (χ1n) is 4.30. The zero-order chi connectivity index (χ0) is 9.84. The van der Waals surface area contributed by atoms with Gasteiger partial charge in [-0.25, -0.2) is 0 Å². The Labute approximate surface area is 77.8 Å². The number of nitrogens with two attached hydrogens (primary N) is 1. The molecule has 72 valence electrons. The molecule has 0 amide bonds. The van der Waals surface area contributed by atoms with E-state index in [-0.39, 0.29) is 12.5 Å². The molecule has 0 radical (unpaired) electrons. The molecular weight excluding hydrogens is 166 g/mol. The van der Waals surface area contributed by atoms with Gasteiger partial charge in [-0.3, -0.25) is 9.97 Å². The van der Waals surface area contributed by atoms with E-state index in [1.807, 2.05) is 13.8 Å². The minimum absolute atomic E-state index is 0.0215. The van der Waals surface area contributed by atoms with Gasteiger partial charge < -0.3 is 10.8 Å². The minimum atomic E-state index is -0.0909. The summed E-state index contributed by atoms with van der Waals surface area (Å²) in [4.78, 5) is 8.48. The monoisotopic (exact) mass is 181 g/mol. The second kappa shape index (κ2) is 4.30. The number of nitrogens with zero attached hydrogens (tertiary/aromatic N) is 2.